The number of hydrogen-bond donors (Lipinski definition) is 1. The number of rotatable bonds is 6. The summed E-state index contributed by atoms with van der Waals surface area (Å²) in [4.78, 5) is 32.9. The topological polar surface area (TPSA) is 108 Å². The van der Waals surface area contributed by atoms with Crippen molar-refractivity contribution in [1.29, 1.82) is 0 Å². The monoisotopic (exact) mass is 296 g/mol. The van der Waals surface area contributed by atoms with Crippen molar-refractivity contribution < 1.29 is 24.0 Å². The summed E-state index contributed by atoms with van der Waals surface area (Å²) in [5.74, 6) is -0.981. The lowest BCUT2D eigenvalue weighted by molar-refractivity contribution is -0.385. The van der Waals surface area contributed by atoms with Crippen molar-refractivity contribution >= 4 is 23.3 Å². The fraction of sp³-hybridized carbons (Fsp3) is 0.385. The lowest BCUT2D eigenvalue weighted by Gasteiger charge is -2.11. The van der Waals surface area contributed by atoms with Crippen molar-refractivity contribution in [3.63, 3.8) is 0 Å². The smallest absolute Gasteiger partial charge is 0.311 e. The number of anilines is 1. The van der Waals surface area contributed by atoms with Crippen LogP contribution in [0.1, 0.15) is 18.9 Å². The Hall–Kier alpha value is -2.64. The predicted molar refractivity (Wildman–Crippen MR) is 74.3 cm³/mol. The fourth-order valence-corrected chi connectivity index (χ4v) is 1.55. The molecule has 0 saturated heterocycles. The number of nitrogens with one attached hydrogen (secondary N) is 1. The number of amides is 1. The molecule has 0 aliphatic carbocycles. The number of carbonyl (C=O) groups excluding carboxylic acids is 2. The molecule has 0 atom stereocenters. The normalized spacial score (nSPS) is 9.86. The van der Waals surface area contributed by atoms with Gasteiger partial charge in [-0.2, -0.15) is 0 Å². The van der Waals surface area contributed by atoms with E-state index in [0.29, 0.717) is 11.3 Å². The third-order valence-electron chi connectivity index (χ3n) is 2.65. The van der Waals surface area contributed by atoms with E-state index in [9.17, 15) is 19.7 Å². The molecule has 1 N–H and O–H groups in total. The van der Waals surface area contributed by atoms with Gasteiger partial charge in [0.1, 0.15) is 0 Å². The zero-order chi connectivity index (χ0) is 16.0. The number of nitrogens with zero attached hydrogens (tertiary/aromatic N) is 1. The zero-order valence-electron chi connectivity index (χ0n) is 12.0. The highest BCUT2D eigenvalue weighted by Crippen LogP contribution is 2.32. The first kappa shape index (κ1) is 16.4. The van der Waals surface area contributed by atoms with E-state index in [1.807, 2.05) is 0 Å². The average molecular weight is 296 g/mol. The van der Waals surface area contributed by atoms with Crippen LogP contribution in [0.25, 0.3) is 0 Å². The van der Waals surface area contributed by atoms with Crippen molar-refractivity contribution in [1.82, 2.24) is 0 Å². The third kappa shape index (κ3) is 4.44. The van der Waals surface area contributed by atoms with Crippen LogP contribution < -0.4 is 10.1 Å². The molecule has 0 saturated carbocycles. The largest absolute Gasteiger partial charge is 0.490 e. The molecule has 8 nitrogen and oxygen atoms in total. The summed E-state index contributed by atoms with van der Waals surface area (Å²) in [6, 6.07) is 2.65. The second-order valence-electron chi connectivity index (χ2n) is 4.16. The first-order chi connectivity index (χ1) is 9.88. The SMILES string of the molecule is CCC(=O)OCC(=O)Nc1cc(OC)c([N+](=O)[O-])cc1C. The van der Waals surface area contributed by atoms with Crippen molar-refractivity contribution in [2.75, 3.05) is 19.0 Å². The Labute approximate surface area is 121 Å². The van der Waals surface area contributed by atoms with Gasteiger partial charge in [0.2, 0.25) is 0 Å². The number of aryl methyl sites for hydroxylation is 1. The van der Waals surface area contributed by atoms with Crippen LogP contribution in [-0.2, 0) is 14.3 Å². The van der Waals surface area contributed by atoms with Crippen LogP contribution in [0.15, 0.2) is 12.1 Å². The van der Waals surface area contributed by atoms with Gasteiger partial charge in [-0.25, -0.2) is 0 Å². The van der Waals surface area contributed by atoms with Crippen molar-refractivity contribution in [2.45, 2.75) is 20.3 Å². The highest BCUT2D eigenvalue weighted by atomic mass is 16.6. The number of carbonyl (C=O) groups is 2. The van der Waals surface area contributed by atoms with Crippen LogP contribution in [0.4, 0.5) is 11.4 Å². The molecule has 0 radical (unpaired) electrons. The van der Waals surface area contributed by atoms with Crippen LogP contribution in [0.3, 0.4) is 0 Å². The van der Waals surface area contributed by atoms with E-state index in [1.54, 1.807) is 13.8 Å². The van der Waals surface area contributed by atoms with Crippen molar-refractivity contribution in [3.05, 3.63) is 27.8 Å². The minimum Gasteiger partial charge on any atom is -0.490 e. The van der Waals surface area contributed by atoms with Gasteiger partial charge < -0.3 is 14.8 Å². The maximum absolute atomic E-state index is 11.6. The Morgan fingerprint density at radius 3 is 2.57 bits per heavy atom. The molecule has 0 spiro atoms. The van der Waals surface area contributed by atoms with Crippen LogP contribution in [0.2, 0.25) is 0 Å². The maximum atomic E-state index is 11.6. The standard InChI is InChI=1S/C13H16N2O6/c1-4-13(17)21-7-12(16)14-9-6-11(20-3)10(15(18)19)5-8(9)2/h5-6H,4,7H2,1-3H3,(H,14,16). The molecule has 8 heteroatoms. The molecule has 0 aliphatic rings. The van der Waals surface area contributed by atoms with Gasteiger partial charge in [-0.15, -0.1) is 0 Å². The molecule has 0 bridgehead atoms. The molecule has 0 aliphatic heterocycles. The van der Waals surface area contributed by atoms with Crippen LogP contribution in [0, 0.1) is 17.0 Å². The van der Waals surface area contributed by atoms with Gasteiger partial charge in [-0.05, 0) is 12.5 Å². The summed E-state index contributed by atoms with van der Waals surface area (Å²) in [7, 11) is 1.30. The lowest BCUT2D eigenvalue weighted by Crippen LogP contribution is -2.21. The van der Waals surface area contributed by atoms with Gasteiger partial charge in [-0.3, -0.25) is 19.7 Å². The fourth-order valence-electron chi connectivity index (χ4n) is 1.55. The Morgan fingerprint density at radius 2 is 2.05 bits per heavy atom. The van der Waals surface area contributed by atoms with Gasteiger partial charge >= 0.3 is 11.7 Å². The zero-order valence-corrected chi connectivity index (χ0v) is 12.0. The second kappa shape index (κ2) is 7.22. The van der Waals surface area contributed by atoms with Gasteiger partial charge in [0.15, 0.2) is 12.4 Å². The second-order valence-corrected chi connectivity index (χ2v) is 4.16. The molecule has 0 fully saturated rings. The van der Waals surface area contributed by atoms with Crippen LogP contribution in [-0.4, -0.2) is 30.5 Å². The van der Waals surface area contributed by atoms with Gasteiger partial charge in [-0.1, -0.05) is 6.92 Å². The highest BCUT2D eigenvalue weighted by Gasteiger charge is 2.18. The summed E-state index contributed by atoms with van der Waals surface area (Å²) in [6.45, 7) is 2.82. The summed E-state index contributed by atoms with van der Waals surface area (Å²) in [5, 5.41) is 13.4. The van der Waals surface area contributed by atoms with Crippen molar-refractivity contribution in [2.24, 2.45) is 0 Å². The first-order valence-corrected chi connectivity index (χ1v) is 6.17. The Kier molecular flexibility index (Phi) is 5.65. The molecule has 0 unspecified atom stereocenters. The average Bonchev–Trinajstić information content (AvgIpc) is 2.46. The summed E-state index contributed by atoms with van der Waals surface area (Å²) < 4.78 is 9.61. The number of nitro groups is 1. The molecule has 1 amide bonds. The summed E-state index contributed by atoms with van der Waals surface area (Å²) >= 11 is 0. The molecule has 1 aromatic carbocycles. The number of ether oxygens (including phenoxy) is 2. The predicted octanol–water partition coefficient (Wildman–Crippen LogP) is 1.80. The Balaban J connectivity index is 2.86. The number of methoxy groups -OCH3 is 1. The van der Waals surface area contributed by atoms with E-state index in [4.69, 9.17) is 9.47 Å². The maximum Gasteiger partial charge on any atom is 0.311 e. The van der Waals surface area contributed by atoms with Crippen molar-refractivity contribution in [3.8, 4) is 5.75 Å². The molecule has 0 heterocycles. The first-order valence-electron chi connectivity index (χ1n) is 6.17. The molecule has 0 aromatic heterocycles. The quantitative estimate of drug-likeness (QED) is 0.487. The molecule has 1 aromatic rings. The number of benzene rings is 1. The van der Waals surface area contributed by atoms with E-state index in [1.165, 1.54) is 19.2 Å². The molecule has 114 valence electrons. The molecule has 1 rings (SSSR count). The Bertz CT molecular complexity index is 570. The Morgan fingerprint density at radius 1 is 1.38 bits per heavy atom. The number of esters is 1. The van der Waals surface area contributed by atoms with Gasteiger partial charge in [0, 0.05) is 24.2 Å². The van der Waals surface area contributed by atoms with Gasteiger partial charge in [0.25, 0.3) is 5.91 Å². The van der Waals surface area contributed by atoms with E-state index in [-0.39, 0.29) is 17.9 Å². The minimum atomic E-state index is -0.569. The molecular formula is C13H16N2O6. The minimum absolute atomic E-state index is 0.0338. The van der Waals surface area contributed by atoms with E-state index >= 15 is 0 Å². The summed E-state index contributed by atoms with van der Waals surface area (Å²) in [6.07, 6.45) is 0.178. The van der Waals surface area contributed by atoms with E-state index in [2.05, 4.69) is 5.32 Å². The van der Waals surface area contributed by atoms with Crippen LogP contribution >= 0.6 is 0 Å². The van der Waals surface area contributed by atoms with Crippen LogP contribution in [0.5, 0.6) is 5.75 Å². The lowest BCUT2D eigenvalue weighted by atomic mass is 10.1. The highest BCUT2D eigenvalue weighted by molar-refractivity contribution is 5.94. The molecular weight excluding hydrogens is 280 g/mol. The number of hydrogen-bond acceptors (Lipinski definition) is 6. The van der Waals surface area contributed by atoms with Gasteiger partial charge in [0.05, 0.1) is 12.0 Å². The molecule has 21 heavy (non-hydrogen) atoms. The van der Waals surface area contributed by atoms with E-state index < -0.39 is 23.4 Å². The summed E-state index contributed by atoms with van der Waals surface area (Å²) in [5.41, 5.74) is 0.665. The van der Waals surface area contributed by atoms with E-state index in [0.717, 1.165) is 0 Å². The number of nitro benzene ring substituents is 1. The third-order valence-corrected chi connectivity index (χ3v) is 2.65.